The zero-order valence-electron chi connectivity index (χ0n) is 16.3. The number of benzene rings is 1. The second kappa shape index (κ2) is 7.20. The molecular formula is C20H17Cl2F2N5O2. The highest BCUT2D eigenvalue weighted by atomic mass is 35.5. The molecule has 0 spiro atoms. The summed E-state index contributed by atoms with van der Waals surface area (Å²) in [4.78, 5) is 20.7. The van der Waals surface area contributed by atoms with E-state index in [2.05, 4.69) is 20.6 Å². The average Bonchev–Trinajstić information content (AvgIpc) is 3.56. The van der Waals surface area contributed by atoms with E-state index >= 15 is 0 Å². The second-order valence-electron chi connectivity index (χ2n) is 7.77. The maximum absolute atomic E-state index is 14.7. The van der Waals surface area contributed by atoms with E-state index in [0.717, 1.165) is 0 Å². The normalized spacial score (nSPS) is 19.8. The highest BCUT2D eigenvalue weighted by Gasteiger charge is 2.51. The molecule has 1 aliphatic heterocycles. The lowest BCUT2D eigenvalue weighted by Crippen LogP contribution is -2.44. The molecule has 2 aliphatic rings. The van der Waals surface area contributed by atoms with Crippen molar-refractivity contribution in [2.45, 2.75) is 24.8 Å². The third-order valence-corrected chi connectivity index (χ3v) is 6.05. The molecule has 31 heavy (non-hydrogen) atoms. The number of aryl methyl sites for hydroxylation is 1. The topological polar surface area (TPSA) is 81.1 Å². The van der Waals surface area contributed by atoms with Gasteiger partial charge in [0.2, 0.25) is 11.0 Å². The summed E-state index contributed by atoms with van der Waals surface area (Å²) in [5.74, 6) is -3.08. The molecule has 3 heterocycles. The van der Waals surface area contributed by atoms with Gasteiger partial charge in [-0.15, -0.1) is 0 Å². The van der Waals surface area contributed by atoms with Crippen molar-refractivity contribution in [3.8, 4) is 5.75 Å². The molecule has 2 N–H and O–H groups in total. The fourth-order valence-electron chi connectivity index (χ4n) is 3.86. The van der Waals surface area contributed by atoms with Crippen molar-refractivity contribution in [2.24, 2.45) is 13.0 Å². The number of nitrogens with zero attached hydrogens (tertiary/aromatic N) is 3. The largest absolute Gasteiger partial charge is 0.480 e. The van der Waals surface area contributed by atoms with E-state index in [9.17, 15) is 13.6 Å². The van der Waals surface area contributed by atoms with E-state index in [0.29, 0.717) is 35.2 Å². The lowest BCUT2D eigenvalue weighted by Gasteiger charge is -2.25. The molecule has 3 aromatic rings. The van der Waals surface area contributed by atoms with Crippen LogP contribution in [-0.4, -0.2) is 33.1 Å². The summed E-state index contributed by atoms with van der Waals surface area (Å²) in [6.45, 7) is -0.845. The Morgan fingerprint density at radius 1 is 1.32 bits per heavy atom. The first-order valence-electron chi connectivity index (χ1n) is 9.63. The number of alkyl halides is 2. The smallest absolute Gasteiger partial charge is 0.301 e. The van der Waals surface area contributed by atoms with Gasteiger partial charge >= 0.3 is 5.92 Å². The number of hydrogen-bond acceptors (Lipinski definition) is 6. The lowest BCUT2D eigenvalue weighted by molar-refractivity contribution is -0.0579. The highest BCUT2D eigenvalue weighted by Crippen LogP contribution is 2.45. The summed E-state index contributed by atoms with van der Waals surface area (Å²) in [7, 11) is 1.57. The van der Waals surface area contributed by atoms with Gasteiger partial charge in [-0.3, -0.25) is 4.79 Å². The van der Waals surface area contributed by atoms with Crippen LogP contribution in [0.4, 0.5) is 26.0 Å². The monoisotopic (exact) mass is 467 g/mol. The minimum atomic E-state index is -3.10. The van der Waals surface area contributed by atoms with Crippen molar-refractivity contribution in [3.63, 3.8) is 0 Å². The van der Waals surface area contributed by atoms with Crippen LogP contribution in [0.2, 0.25) is 10.3 Å². The van der Waals surface area contributed by atoms with Gasteiger partial charge in [-0.25, -0.2) is 13.8 Å². The summed E-state index contributed by atoms with van der Waals surface area (Å²) in [6.07, 6.45) is 2.80. The summed E-state index contributed by atoms with van der Waals surface area (Å²) in [5, 5.41) is 6.84. The predicted molar refractivity (Wildman–Crippen MR) is 115 cm³/mol. The molecule has 0 bridgehead atoms. The minimum Gasteiger partial charge on any atom is -0.480 e. The van der Waals surface area contributed by atoms with E-state index in [4.69, 9.17) is 27.9 Å². The van der Waals surface area contributed by atoms with Gasteiger partial charge in [0, 0.05) is 18.1 Å². The van der Waals surface area contributed by atoms with Crippen LogP contribution in [0.15, 0.2) is 29.2 Å². The number of fused-ring (bicyclic) bond motifs is 3. The summed E-state index contributed by atoms with van der Waals surface area (Å²) >= 11 is 12.0. The first-order valence-corrected chi connectivity index (χ1v) is 10.4. The molecule has 0 radical (unpaired) electrons. The Bertz CT molecular complexity index is 1260. The average molecular weight is 468 g/mol. The molecule has 7 nitrogen and oxygen atoms in total. The van der Waals surface area contributed by atoms with Crippen molar-refractivity contribution in [2.75, 3.05) is 17.2 Å². The van der Waals surface area contributed by atoms with Gasteiger partial charge < -0.3 is 19.9 Å². The van der Waals surface area contributed by atoms with Gasteiger partial charge in [-0.1, -0.05) is 11.6 Å². The van der Waals surface area contributed by atoms with Gasteiger partial charge in [0.05, 0.1) is 23.4 Å². The Kier molecular flexibility index (Phi) is 4.71. The van der Waals surface area contributed by atoms with Crippen LogP contribution in [0, 0.1) is 5.92 Å². The number of nitrogens with one attached hydrogen (secondary N) is 2. The molecule has 1 fully saturated rings. The number of ether oxygens (including phenoxy) is 1. The Morgan fingerprint density at radius 2 is 2.10 bits per heavy atom. The Labute approximate surface area is 185 Å². The first-order chi connectivity index (χ1) is 14.7. The summed E-state index contributed by atoms with van der Waals surface area (Å²) in [5.41, 5.74) is 0.930. The van der Waals surface area contributed by atoms with E-state index in [1.807, 2.05) is 0 Å². The maximum Gasteiger partial charge on any atom is 0.301 e. The minimum absolute atomic E-state index is 0.0218. The molecule has 2 aromatic heterocycles. The van der Waals surface area contributed by atoms with Crippen molar-refractivity contribution in [1.82, 2.24) is 14.5 Å². The number of rotatable bonds is 3. The Balaban J connectivity index is 1.65. The highest BCUT2D eigenvalue weighted by molar-refractivity contribution is 6.33. The molecule has 0 saturated heterocycles. The number of anilines is 3. The number of hydrogen-bond donors (Lipinski definition) is 2. The van der Waals surface area contributed by atoms with Gasteiger partial charge in [0.15, 0.2) is 12.4 Å². The van der Waals surface area contributed by atoms with Crippen molar-refractivity contribution >= 4 is 51.3 Å². The molecule has 11 heteroatoms. The van der Waals surface area contributed by atoms with Crippen LogP contribution < -0.4 is 20.9 Å². The molecular weight excluding hydrogens is 451 g/mol. The van der Waals surface area contributed by atoms with E-state index in [1.54, 1.807) is 25.2 Å². The van der Waals surface area contributed by atoms with Crippen LogP contribution >= 0.6 is 23.2 Å². The van der Waals surface area contributed by atoms with E-state index in [-0.39, 0.29) is 27.7 Å². The number of halogens is 4. The standard InChI is InChI=1S/C20H17Cl2F2N5O2/c1-29-13-5-4-10(26-17-12(21)7-25-19(22)28-17)6-11(13)14-15(18(29)30)31-8-20(23,24)16(27-14)9-2-3-9/h4-7,9,16,27H,2-3,8H2,1H3,(H,25,26,28)/t16-/m1/s1. The number of aromatic nitrogens is 3. The van der Waals surface area contributed by atoms with Gasteiger partial charge in [-0.05, 0) is 48.6 Å². The maximum atomic E-state index is 14.7. The number of pyridine rings is 1. The van der Waals surface area contributed by atoms with E-state index in [1.165, 1.54) is 10.8 Å². The molecule has 0 amide bonds. The fraction of sp³-hybridized carbons (Fsp3) is 0.350. The Morgan fingerprint density at radius 3 is 2.84 bits per heavy atom. The second-order valence-corrected chi connectivity index (χ2v) is 8.52. The molecule has 5 rings (SSSR count). The van der Waals surface area contributed by atoms with E-state index < -0.39 is 24.1 Å². The Hall–Kier alpha value is -2.65. The third kappa shape index (κ3) is 3.55. The van der Waals surface area contributed by atoms with Gasteiger partial charge in [0.25, 0.3) is 5.56 Å². The molecule has 1 atom stereocenters. The summed E-state index contributed by atoms with van der Waals surface area (Å²) in [6, 6.07) is 4.07. The van der Waals surface area contributed by atoms with Crippen molar-refractivity contribution in [1.29, 1.82) is 0 Å². The molecule has 0 unspecified atom stereocenters. The van der Waals surface area contributed by atoms with Gasteiger partial charge in [0.1, 0.15) is 5.02 Å². The van der Waals surface area contributed by atoms with Crippen molar-refractivity contribution < 1.29 is 13.5 Å². The van der Waals surface area contributed by atoms with Crippen LogP contribution in [0.1, 0.15) is 12.8 Å². The van der Waals surface area contributed by atoms with Crippen LogP contribution in [-0.2, 0) is 7.05 Å². The quantitative estimate of drug-likeness (QED) is 0.548. The third-order valence-electron chi connectivity index (χ3n) is 5.59. The first kappa shape index (κ1) is 20.3. The lowest BCUT2D eigenvalue weighted by atomic mass is 10.0. The predicted octanol–water partition coefficient (Wildman–Crippen LogP) is 4.60. The molecule has 1 saturated carbocycles. The van der Waals surface area contributed by atoms with Crippen molar-refractivity contribution in [3.05, 3.63) is 45.1 Å². The van der Waals surface area contributed by atoms with Gasteiger partial charge in [-0.2, -0.15) is 4.98 Å². The molecule has 1 aromatic carbocycles. The van der Waals surface area contributed by atoms with Crippen LogP contribution in [0.25, 0.3) is 10.9 Å². The van der Waals surface area contributed by atoms with Crippen LogP contribution in [0.3, 0.4) is 0 Å². The SMILES string of the molecule is Cn1c(=O)c2c(c3cc(Nc4nc(Cl)ncc4Cl)ccc31)N[C@H](C1CC1)C(F)(F)CO2. The molecule has 1 aliphatic carbocycles. The zero-order valence-corrected chi connectivity index (χ0v) is 17.8. The summed E-state index contributed by atoms with van der Waals surface area (Å²) < 4.78 is 36.2. The molecule has 162 valence electrons. The van der Waals surface area contributed by atoms with Crippen LogP contribution in [0.5, 0.6) is 5.75 Å². The fourth-order valence-corrected chi connectivity index (χ4v) is 4.13. The zero-order chi connectivity index (χ0) is 21.9.